The maximum atomic E-state index is 13.1. The molecule has 0 bridgehead atoms. The van der Waals surface area contributed by atoms with E-state index in [9.17, 15) is 41.4 Å². The lowest BCUT2D eigenvalue weighted by atomic mass is 9.56. The third-order valence-corrected chi connectivity index (χ3v) is 8.05. The van der Waals surface area contributed by atoms with E-state index in [1.54, 1.807) is 13.8 Å². The highest BCUT2D eigenvalue weighted by molar-refractivity contribution is 5.83. The maximum absolute atomic E-state index is 13.1. The number of hydrogen-bond donors (Lipinski definition) is 2. The van der Waals surface area contributed by atoms with Gasteiger partial charge in [-0.15, -0.1) is 0 Å². The first-order chi connectivity index (χ1) is 14.8. The summed E-state index contributed by atoms with van der Waals surface area (Å²) in [4.78, 5) is 12.5. The van der Waals surface area contributed by atoms with E-state index >= 15 is 0 Å². The van der Waals surface area contributed by atoms with E-state index < -0.39 is 29.0 Å². The van der Waals surface area contributed by atoms with Crippen LogP contribution in [0.5, 0.6) is 0 Å². The Morgan fingerprint density at radius 1 is 1.00 bits per heavy atom. The van der Waals surface area contributed by atoms with Crippen LogP contribution >= 0.6 is 0 Å². The topological polar surface area (TPSA) is 57.5 Å². The highest BCUT2D eigenvalue weighted by atomic mass is 19.4. The molecule has 0 radical (unpaired) electrons. The minimum absolute atomic E-state index is 0.0735. The van der Waals surface area contributed by atoms with Gasteiger partial charge in [-0.05, 0) is 81.6 Å². The number of halogens is 6. The van der Waals surface area contributed by atoms with Crippen molar-refractivity contribution in [3.05, 3.63) is 12.2 Å². The van der Waals surface area contributed by atoms with Gasteiger partial charge in [0.15, 0.2) is 0 Å². The van der Waals surface area contributed by atoms with Crippen LogP contribution in [0.25, 0.3) is 0 Å². The minimum atomic E-state index is -5.90. The number of rotatable bonds is 8. The molecule has 33 heavy (non-hydrogen) atoms. The second-order valence-corrected chi connectivity index (χ2v) is 11.2. The first-order valence-corrected chi connectivity index (χ1v) is 11.6. The molecule has 2 rings (SSSR count). The zero-order chi connectivity index (χ0) is 25.5. The number of aliphatic hydroxyl groups is 2. The summed E-state index contributed by atoms with van der Waals surface area (Å²) in [6, 6.07) is 0. The molecule has 0 saturated heterocycles. The number of Topliss-reactive ketones (excluding diaryl/α,β-unsaturated/α-hetero) is 1. The van der Waals surface area contributed by atoms with Crippen molar-refractivity contribution in [1.29, 1.82) is 0 Å². The molecule has 9 heteroatoms. The van der Waals surface area contributed by atoms with Crippen molar-refractivity contribution >= 4 is 5.78 Å². The molecule has 0 amide bonds. The Balaban J connectivity index is 2.36. The van der Waals surface area contributed by atoms with Gasteiger partial charge in [-0.1, -0.05) is 26.3 Å². The van der Waals surface area contributed by atoms with Crippen molar-refractivity contribution in [3.63, 3.8) is 0 Å². The van der Waals surface area contributed by atoms with Gasteiger partial charge in [0.2, 0.25) is 0 Å². The van der Waals surface area contributed by atoms with E-state index in [0.717, 1.165) is 18.9 Å². The summed E-state index contributed by atoms with van der Waals surface area (Å²) in [6.07, 6.45) is -6.52. The number of carbonyl (C=O) groups excluding carboxylic acids is 1. The van der Waals surface area contributed by atoms with Gasteiger partial charge in [0.1, 0.15) is 5.78 Å². The first kappa shape index (κ1) is 28.1. The quantitative estimate of drug-likeness (QED) is 0.303. The second-order valence-electron chi connectivity index (χ2n) is 11.2. The number of ketones is 1. The summed E-state index contributed by atoms with van der Waals surface area (Å²) in [5.41, 5.74) is -6.93. The van der Waals surface area contributed by atoms with Gasteiger partial charge in [-0.25, -0.2) is 0 Å². The fraction of sp³-hybridized carbons (Fsp3) is 0.875. The molecule has 0 aromatic carbocycles. The van der Waals surface area contributed by atoms with Crippen LogP contribution in [0.1, 0.15) is 85.5 Å². The lowest BCUT2D eigenvalue weighted by Gasteiger charge is -2.48. The number of allylic oxidation sites excluding steroid dienone is 1. The molecule has 0 spiro atoms. The fourth-order valence-corrected chi connectivity index (χ4v) is 6.27. The maximum Gasteiger partial charge on any atom is 0.429 e. The molecular weight excluding hydrogens is 450 g/mol. The van der Waals surface area contributed by atoms with E-state index in [1.807, 2.05) is 13.8 Å². The van der Waals surface area contributed by atoms with Crippen LogP contribution in [0.15, 0.2) is 12.2 Å². The molecule has 4 atom stereocenters. The van der Waals surface area contributed by atoms with E-state index in [1.165, 1.54) is 0 Å². The van der Waals surface area contributed by atoms with Crippen molar-refractivity contribution in [2.45, 2.75) is 109 Å². The predicted molar refractivity (Wildman–Crippen MR) is 112 cm³/mol. The zero-order valence-electron chi connectivity index (χ0n) is 19.7. The van der Waals surface area contributed by atoms with Crippen LogP contribution in [0.2, 0.25) is 0 Å². The average molecular weight is 487 g/mol. The first-order valence-electron chi connectivity index (χ1n) is 11.6. The van der Waals surface area contributed by atoms with Crippen LogP contribution in [0.3, 0.4) is 0 Å². The molecule has 192 valence electrons. The number of fused-ring (bicyclic) bond motifs is 1. The second kappa shape index (κ2) is 9.17. The molecule has 0 heterocycles. The Labute approximate surface area is 191 Å². The summed E-state index contributed by atoms with van der Waals surface area (Å²) in [5, 5.41) is 19.6. The Bertz CT molecular complexity index is 722. The third-order valence-electron chi connectivity index (χ3n) is 8.05. The fourth-order valence-electron chi connectivity index (χ4n) is 6.27. The smallest absolute Gasteiger partial charge is 0.390 e. The molecular formula is C24H36F6O3. The molecule has 0 aromatic heterocycles. The molecule has 0 aromatic rings. The lowest BCUT2D eigenvalue weighted by Crippen LogP contribution is -2.55. The standard InChI is InChI=1S/C24H36F6O3/c1-19(2,32)11-6-12-20(3,13-7-15-22(33,23(25,26)27)24(28,29)30)18-10-9-16-17(31)8-5-14-21(16,18)4/h7,15-16,18,32-33H,5-6,8-14H2,1-4H3/b15-7+/t16?,18-,20?,21+/m1/s1. The van der Waals surface area contributed by atoms with Gasteiger partial charge in [0.05, 0.1) is 5.60 Å². The summed E-state index contributed by atoms with van der Waals surface area (Å²) in [7, 11) is 0. The Morgan fingerprint density at radius 3 is 2.09 bits per heavy atom. The van der Waals surface area contributed by atoms with Crippen molar-refractivity contribution in [2.75, 3.05) is 0 Å². The zero-order valence-corrected chi connectivity index (χ0v) is 19.7. The van der Waals surface area contributed by atoms with E-state index in [4.69, 9.17) is 0 Å². The lowest BCUT2D eigenvalue weighted by molar-refractivity contribution is -0.347. The van der Waals surface area contributed by atoms with Gasteiger partial charge >= 0.3 is 12.4 Å². The van der Waals surface area contributed by atoms with E-state index in [2.05, 4.69) is 0 Å². The van der Waals surface area contributed by atoms with Crippen molar-refractivity contribution < 1.29 is 41.4 Å². The summed E-state index contributed by atoms with van der Waals surface area (Å²) < 4.78 is 78.6. The minimum Gasteiger partial charge on any atom is -0.390 e. The Hall–Kier alpha value is -1.09. The van der Waals surface area contributed by atoms with E-state index in [0.29, 0.717) is 38.5 Å². The number of carbonyl (C=O) groups is 1. The normalized spacial score (nSPS) is 29.4. The molecule has 2 N–H and O–H groups in total. The van der Waals surface area contributed by atoms with Crippen molar-refractivity contribution in [1.82, 2.24) is 0 Å². The number of alkyl halides is 6. The van der Waals surface area contributed by atoms with Gasteiger partial charge in [0.25, 0.3) is 5.60 Å². The number of hydrogen-bond acceptors (Lipinski definition) is 3. The molecule has 2 aliphatic carbocycles. The third kappa shape index (κ3) is 5.77. The monoisotopic (exact) mass is 486 g/mol. The van der Waals surface area contributed by atoms with Gasteiger partial charge in [0, 0.05) is 12.3 Å². The summed E-state index contributed by atoms with van der Waals surface area (Å²) in [6.45, 7) is 7.15. The molecule has 2 aliphatic rings. The molecule has 3 nitrogen and oxygen atoms in total. The van der Waals surface area contributed by atoms with Crippen molar-refractivity contribution in [3.8, 4) is 0 Å². The highest BCUT2D eigenvalue weighted by Gasteiger charge is 2.69. The van der Waals surface area contributed by atoms with Crippen LogP contribution in [-0.2, 0) is 4.79 Å². The van der Waals surface area contributed by atoms with Crippen LogP contribution in [-0.4, -0.2) is 39.6 Å². The average Bonchev–Trinajstić information content (AvgIpc) is 2.97. The van der Waals surface area contributed by atoms with Crippen LogP contribution in [0.4, 0.5) is 26.3 Å². The van der Waals surface area contributed by atoms with E-state index in [-0.39, 0.29) is 35.5 Å². The van der Waals surface area contributed by atoms with Gasteiger partial charge < -0.3 is 10.2 Å². The molecule has 2 unspecified atom stereocenters. The highest BCUT2D eigenvalue weighted by Crippen LogP contribution is 2.61. The SMILES string of the molecule is CC(C)(O)CCCC(C)(C/C=C/C(O)(C(F)(F)F)C(F)(F)F)[C@H]1CCC2C(=O)CCC[C@@]21C. The molecule has 2 saturated carbocycles. The van der Waals surface area contributed by atoms with Crippen LogP contribution in [0, 0.1) is 22.7 Å². The van der Waals surface area contributed by atoms with Crippen molar-refractivity contribution in [2.24, 2.45) is 22.7 Å². The summed E-state index contributed by atoms with van der Waals surface area (Å²) >= 11 is 0. The van der Waals surface area contributed by atoms with Gasteiger partial charge in [-0.2, -0.15) is 26.3 Å². The van der Waals surface area contributed by atoms with Gasteiger partial charge in [-0.3, -0.25) is 4.79 Å². The Kier molecular flexibility index (Phi) is 7.82. The summed E-state index contributed by atoms with van der Waals surface area (Å²) in [5.74, 6) is -0.0316. The predicted octanol–water partition coefficient (Wildman–Crippen LogP) is 6.52. The Morgan fingerprint density at radius 2 is 1.58 bits per heavy atom. The molecule has 2 fully saturated rings. The molecule has 0 aliphatic heterocycles. The van der Waals surface area contributed by atoms with Crippen LogP contribution < -0.4 is 0 Å². The largest absolute Gasteiger partial charge is 0.429 e.